The fourth-order valence-corrected chi connectivity index (χ4v) is 4.19. The minimum absolute atomic E-state index is 0.106. The Morgan fingerprint density at radius 2 is 1.73 bits per heavy atom. The summed E-state index contributed by atoms with van der Waals surface area (Å²) in [5.41, 5.74) is -0.284. The van der Waals surface area contributed by atoms with Crippen molar-refractivity contribution in [2.24, 2.45) is 5.41 Å². The van der Waals surface area contributed by atoms with Crippen molar-refractivity contribution in [3.63, 3.8) is 0 Å². The molecule has 0 bridgehead atoms. The van der Waals surface area contributed by atoms with Crippen LogP contribution < -0.4 is 0 Å². The number of likely N-dealkylation sites (tertiary alicyclic amines) is 1. The zero-order valence-corrected chi connectivity index (χ0v) is 16.1. The number of hydrogen-bond acceptors (Lipinski definition) is 3. The normalized spacial score (nSPS) is 22.3. The average Bonchev–Trinajstić information content (AvgIpc) is 2.36. The third-order valence-corrected chi connectivity index (χ3v) is 10.2. The molecule has 2 unspecified atom stereocenters. The van der Waals surface area contributed by atoms with Crippen LogP contribution >= 0.6 is 0 Å². The zero-order valence-electron chi connectivity index (χ0n) is 15.1. The maximum atomic E-state index is 11.0. The van der Waals surface area contributed by atoms with Crippen LogP contribution in [0.3, 0.4) is 0 Å². The van der Waals surface area contributed by atoms with Gasteiger partial charge in [0.15, 0.2) is 8.32 Å². The van der Waals surface area contributed by atoms with Crippen LogP contribution in [0.5, 0.6) is 0 Å². The molecule has 5 nitrogen and oxygen atoms in total. The van der Waals surface area contributed by atoms with Crippen molar-refractivity contribution in [1.29, 1.82) is 0 Å². The molecule has 0 aromatic heterocycles. The molecule has 130 valence electrons. The van der Waals surface area contributed by atoms with E-state index in [0.29, 0.717) is 25.9 Å². The molecule has 1 heterocycles. The highest BCUT2D eigenvalue weighted by Gasteiger charge is 2.44. The van der Waals surface area contributed by atoms with Gasteiger partial charge in [-0.1, -0.05) is 27.7 Å². The molecule has 1 aliphatic rings. The number of hydrogen-bond donors (Lipinski definition) is 2. The van der Waals surface area contributed by atoms with E-state index in [1.54, 1.807) is 0 Å². The highest BCUT2D eigenvalue weighted by atomic mass is 28.4. The van der Waals surface area contributed by atoms with Crippen molar-refractivity contribution in [3.8, 4) is 0 Å². The largest absolute Gasteiger partial charge is 0.465 e. The summed E-state index contributed by atoms with van der Waals surface area (Å²) >= 11 is 0. The second-order valence-corrected chi connectivity index (χ2v) is 13.2. The SMILES string of the molecule is CC(O[Si](C)(C)C(C)(C)C)C(O)C1(C)CCN(C(=O)O)CC1. The Morgan fingerprint density at radius 1 is 1.27 bits per heavy atom. The lowest BCUT2D eigenvalue weighted by Crippen LogP contribution is -2.53. The number of aliphatic hydroxyl groups excluding tert-OH is 1. The Balaban J connectivity index is 2.71. The molecule has 0 aromatic carbocycles. The molecule has 2 N–H and O–H groups in total. The van der Waals surface area contributed by atoms with Gasteiger partial charge < -0.3 is 19.5 Å². The molecule has 0 radical (unpaired) electrons. The minimum Gasteiger partial charge on any atom is -0.465 e. The van der Waals surface area contributed by atoms with Crippen LogP contribution in [0.4, 0.5) is 4.79 Å². The Hall–Kier alpha value is -0.593. The topological polar surface area (TPSA) is 70.0 Å². The van der Waals surface area contributed by atoms with E-state index in [4.69, 9.17) is 9.53 Å². The van der Waals surface area contributed by atoms with Gasteiger partial charge in [-0.15, -0.1) is 0 Å². The van der Waals surface area contributed by atoms with Gasteiger partial charge in [-0.3, -0.25) is 0 Å². The number of amides is 1. The molecule has 2 atom stereocenters. The van der Waals surface area contributed by atoms with E-state index in [9.17, 15) is 9.90 Å². The van der Waals surface area contributed by atoms with E-state index in [-0.39, 0.29) is 16.6 Å². The first-order chi connectivity index (χ1) is 9.80. The van der Waals surface area contributed by atoms with Gasteiger partial charge in [0, 0.05) is 13.1 Å². The third kappa shape index (κ3) is 4.23. The summed E-state index contributed by atoms with van der Waals surface area (Å²) in [6.45, 7) is 15.9. The Labute approximate surface area is 135 Å². The standard InChI is InChI=1S/C16H33NO4Si/c1-12(21-22(6,7)15(2,3)4)13(18)16(5)8-10-17(11-9-16)14(19)20/h12-13,18H,8-11H2,1-7H3,(H,19,20). The van der Waals surface area contributed by atoms with Crippen LogP contribution in [0.25, 0.3) is 0 Å². The average molecular weight is 332 g/mol. The number of nitrogens with zero attached hydrogens (tertiary/aromatic N) is 1. The van der Waals surface area contributed by atoms with Gasteiger partial charge in [0.2, 0.25) is 0 Å². The Bertz CT molecular complexity index is 397. The fourth-order valence-electron chi connectivity index (χ4n) is 2.78. The van der Waals surface area contributed by atoms with Gasteiger partial charge in [-0.05, 0) is 43.3 Å². The summed E-state index contributed by atoms with van der Waals surface area (Å²) in [6, 6.07) is 0. The maximum absolute atomic E-state index is 11.0. The molecule has 0 spiro atoms. The third-order valence-electron chi connectivity index (χ3n) is 5.62. The Morgan fingerprint density at radius 3 is 2.09 bits per heavy atom. The summed E-state index contributed by atoms with van der Waals surface area (Å²) in [6.07, 6.45) is -0.334. The fraction of sp³-hybridized carbons (Fsp3) is 0.938. The molecular formula is C16H33NO4Si. The van der Waals surface area contributed by atoms with Crippen LogP contribution in [0.15, 0.2) is 0 Å². The molecule has 1 rings (SSSR count). The van der Waals surface area contributed by atoms with Gasteiger partial charge in [0.1, 0.15) is 0 Å². The van der Waals surface area contributed by atoms with E-state index in [0.717, 1.165) is 0 Å². The molecule has 0 aliphatic carbocycles. The molecule has 22 heavy (non-hydrogen) atoms. The highest BCUT2D eigenvalue weighted by Crippen LogP contribution is 2.41. The van der Waals surface area contributed by atoms with Crippen LogP contribution in [0.2, 0.25) is 18.1 Å². The summed E-state index contributed by atoms with van der Waals surface area (Å²) in [5.74, 6) is 0. The predicted molar refractivity (Wildman–Crippen MR) is 90.7 cm³/mol. The zero-order chi connectivity index (χ0) is 17.3. The number of carbonyl (C=O) groups is 1. The van der Waals surface area contributed by atoms with Gasteiger partial charge in [-0.25, -0.2) is 4.79 Å². The molecule has 0 saturated carbocycles. The van der Waals surface area contributed by atoms with Crippen molar-refractivity contribution in [2.75, 3.05) is 13.1 Å². The molecule has 1 aliphatic heterocycles. The van der Waals surface area contributed by atoms with Crippen LogP contribution in [0.1, 0.15) is 47.5 Å². The van der Waals surface area contributed by atoms with Crippen molar-refractivity contribution >= 4 is 14.4 Å². The quantitative estimate of drug-likeness (QED) is 0.773. The minimum atomic E-state index is -1.92. The lowest BCUT2D eigenvalue weighted by Gasteiger charge is -2.46. The Kier molecular flexibility index (Phi) is 5.74. The van der Waals surface area contributed by atoms with Crippen LogP contribution in [0, 0.1) is 5.41 Å². The monoisotopic (exact) mass is 331 g/mol. The van der Waals surface area contributed by atoms with Crippen molar-refractivity contribution in [2.45, 2.75) is 77.8 Å². The first kappa shape index (κ1) is 19.5. The number of piperidine rings is 1. The molecule has 6 heteroatoms. The highest BCUT2D eigenvalue weighted by molar-refractivity contribution is 6.74. The predicted octanol–water partition coefficient (Wildman–Crippen LogP) is 3.54. The summed E-state index contributed by atoms with van der Waals surface area (Å²) < 4.78 is 6.32. The van der Waals surface area contributed by atoms with Crippen molar-refractivity contribution in [3.05, 3.63) is 0 Å². The van der Waals surface area contributed by atoms with Gasteiger partial charge >= 0.3 is 6.09 Å². The van der Waals surface area contributed by atoms with E-state index >= 15 is 0 Å². The number of aliphatic hydroxyl groups is 1. The van der Waals surface area contributed by atoms with Gasteiger partial charge in [-0.2, -0.15) is 0 Å². The molecule has 1 saturated heterocycles. The lowest BCUT2D eigenvalue weighted by atomic mass is 9.74. The van der Waals surface area contributed by atoms with Crippen LogP contribution in [-0.4, -0.2) is 54.8 Å². The molecular weight excluding hydrogens is 298 g/mol. The molecule has 1 fully saturated rings. The second-order valence-electron chi connectivity index (χ2n) is 8.45. The first-order valence-corrected chi connectivity index (χ1v) is 11.0. The second kappa shape index (κ2) is 6.49. The smallest absolute Gasteiger partial charge is 0.407 e. The number of rotatable bonds is 4. The first-order valence-electron chi connectivity index (χ1n) is 8.14. The van der Waals surface area contributed by atoms with E-state index in [1.807, 2.05) is 13.8 Å². The summed E-state index contributed by atoms with van der Waals surface area (Å²) in [5, 5.41) is 19.9. The van der Waals surface area contributed by atoms with Gasteiger partial charge in [0.05, 0.1) is 12.2 Å². The lowest BCUT2D eigenvalue weighted by molar-refractivity contribution is -0.0680. The van der Waals surface area contributed by atoms with Crippen LogP contribution in [-0.2, 0) is 4.43 Å². The number of carboxylic acid groups (broad SMARTS) is 1. The van der Waals surface area contributed by atoms with Gasteiger partial charge in [0.25, 0.3) is 0 Å². The molecule has 1 amide bonds. The van der Waals surface area contributed by atoms with E-state index < -0.39 is 20.5 Å². The summed E-state index contributed by atoms with van der Waals surface area (Å²) in [4.78, 5) is 12.4. The summed E-state index contributed by atoms with van der Waals surface area (Å²) in [7, 11) is -1.92. The van der Waals surface area contributed by atoms with Crippen molar-refractivity contribution < 1.29 is 19.4 Å². The van der Waals surface area contributed by atoms with E-state index in [1.165, 1.54) is 4.90 Å². The molecule has 0 aromatic rings. The van der Waals surface area contributed by atoms with Crippen molar-refractivity contribution in [1.82, 2.24) is 4.90 Å². The maximum Gasteiger partial charge on any atom is 0.407 e. The van der Waals surface area contributed by atoms with E-state index in [2.05, 4.69) is 33.9 Å².